The number of hydrogen-bond donors (Lipinski definition) is 1. The van der Waals surface area contributed by atoms with E-state index in [0.717, 1.165) is 36.5 Å². The molecule has 3 heterocycles. The molecule has 2 aromatic rings. The van der Waals surface area contributed by atoms with Gasteiger partial charge in [0.05, 0.1) is 19.3 Å². The number of rotatable bonds is 5. The molecular weight excluding hydrogens is 372 g/mol. The third kappa shape index (κ3) is 4.54. The molecule has 0 bridgehead atoms. The van der Waals surface area contributed by atoms with Gasteiger partial charge < -0.3 is 19.9 Å². The van der Waals surface area contributed by atoms with Gasteiger partial charge in [-0.1, -0.05) is 0 Å². The number of hydrogen-bond acceptors (Lipinski definition) is 6. The summed E-state index contributed by atoms with van der Waals surface area (Å²) in [6.45, 7) is 6.87. The maximum Gasteiger partial charge on any atom is 0.254 e. The maximum absolute atomic E-state index is 12.6. The Balaban J connectivity index is 1.29. The lowest BCUT2D eigenvalue weighted by Crippen LogP contribution is -2.43. The number of carbonyl (C=O) groups excluding carboxylic acids is 1. The van der Waals surface area contributed by atoms with Crippen molar-refractivity contribution in [3.05, 3.63) is 46.4 Å². The van der Waals surface area contributed by atoms with Crippen molar-refractivity contribution in [3.8, 4) is 0 Å². The number of amides is 1. The summed E-state index contributed by atoms with van der Waals surface area (Å²) in [6.07, 6.45) is 4.10. The van der Waals surface area contributed by atoms with Crippen molar-refractivity contribution in [3.63, 3.8) is 0 Å². The van der Waals surface area contributed by atoms with Crippen LogP contribution < -0.4 is 10.2 Å². The van der Waals surface area contributed by atoms with Gasteiger partial charge in [0, 0.05) is 55.0 Å². The van der Waals surface area contributed by atoms with Gasteiger partial charge in [-0.25, -0.2) is 4.98 Å². The molecule has 1 aromatic heterocycles. The Bertz CT molecular complexity index is 751. The number of aromatic nitrogens is 1. The number of ether oxygens (including phenoxy) is 1. The smallest absolute Gasteiger partial charge is 0.254 e. The van der Waals surface area contributed by atoms with Gasteiger partial charge in [-0.3, -0.25) is 4.79 Å². The Morgan fingerprint density at radius 3 is 2.54 bits per heavy atom. The molecule has 1 N–H and O–H groups in total. The van der Waals surface area contributed by atoms with E-state index < -0.39 is 0 Å². The Hall–Kier alpha value is -1.96. The van der Waals surface area contributed by atoms with Crippen LogP contribution in [0.3, 0.4) is 0 Å². The summed E-state index contributed by atoms with van der Waals surface area (Å²) in [4.78, 5) is 21.3. The average molecular weight is 401 g/mol. The van der Waals surface area contributed by atoms with Crippen LogP contribution in [-0.2, 0) is 4.74 Å². The van der Waals surface area contributed by atoms with Crippen LogP contribution in [0.15, 0.2) is 35.8 Å². The van der Waals surface area contributed by atoms with E-state index in [-0.39, 0.29) is 5.91 Å². The molecule has 0 spiro atoms. The first kappa shape index (κ1) is 19.4. The molecule has 6 nitrogen and oxygen atoms in total. The second-order valence-electron chi connectivity index (χ2n) is 7.47. The molecule has 2 saturated heterocycles. The number of nitrogens with one attached hydrogen (secondary N) is 1. The van der Waals surface area contributed by atoms with E-state index in [0.29, 0.717) is 38.4 Å². The van der Waals surface area contributed by atoms with Crippen molar-refractivity contribution in [2.75, 3.05) is 44.3 Å². The van der Waals surface area contributed by atoms with Gasteiger partial charge in [-0.15, -0.1) is 11.3 Å². The highest BCUT2D eigenvalue weighted by atomic mass is 32.1. The summed E-state index contributed by atoms with van der Waals surface area (Å²) in [5.41, 5.74) is 1.96. The predicted molar refractivity (Wildman–Crippen MR) is 112 cm³/mol. The summed E-state index contributed by atoms with van der Waals surface area (Å²) in [5.74, 6) is 0.105. The zero-order chi connectivity index (χ0) is 19.3. The number of nitrogens with zero attached hydrogens (tertiary/aromatic N) is 3. The van der Waals surface area contributed by atoms with Crippen molar-refractivity contribution >= 4 is 22.9 Å². The van der Waals surface area contributed by atoms with E-state index in [1.165, 1.54) is 5.69 Å². The van der Waals surface area contributed by atoms with Gasteiger partial charge in [0.25, 0.3) is 5.91 Å². The number of anilines is 1. The molecule has 150 valence electrons. The number of thiazole rings is 1. The summed E-state index contributed by atoms with van der Waals surface area (Å²) in [7, 11) is 0. The van der Waals surface area contributed by atoms with Crippen LogP contribution in [0.5, 0.6) is 0 Å². The minimum atomic E-state index is 0.105. The minimum Gasteiger partial charge on any atom is -0.378 e. The Morgan fingerprint density at radius 2 is 1.89 bits per heavy atom. The first-order valence-electron chi connectivity index (χ1n) is 10.1. The number of carbonyl (C=O) groups is 1. The zero-order valence-corrected chi connectivity index (χ0v) is 17.2. The highest BCUT2D eigenvalue weighted by molar-refractivity contribution is 7.09. The van der Waals surface area contributed by atoms with Crippen LogP contribution in [0.2, 0.25) is 0 Å². The topological polar surface area (TPSA) is 57.7 Å². The lowest BCUT2D eigenvalue weighted by molar-refractivity contribution is 0.0303. The van der Waals surface area contributed by atoms with E-state index in [4.69, 9.17) is 4.74 Å². The van der Waals surface area contributed by atoms with Gasteiger partial charge in [-0.2, -0.15) is 0 Å². The highest BCUT2D eigenvalue weighted by Crippen LogP contribution is 2.23. The molecule has 1 aromatic carbocycles. The Kier molecular flexibility index (Phi) is 6.24. The fourth-order valence-corrected chi connectivity index (χ4v) is 4.60. The second kappa shape index (κ2) is 9.03. The van der Waals surface area contributed by atoms with Gasteiger partial charge in [0.1, 0.15) is 5.01 Å². The van der Waals surface area contributed by atoms with E-state index in [1.54, 1.807) is 11.3 Å². The van der Waals surface area contributed by atoms with Gasteiger partial charge >= 0.3 is 0 Å². The van der Waals surface area contributed by atoms with Crippen LogP contribution >= 0.6 is 11.3 Å². The van der Waals surface area contributed by atoms with Crippen molar-refractivity contribution in [2.45, 2.75) is 31.8 Å². The molecule has 4 rings (SSSR count). The largest absolute Gasteiger partial charge is 0.378 e. The molecule has 1 atom stereocenters. The molecule has 0 saturated carbocycles. The molecule has 0 radical (unpaired) electrons. The molecule has 2 aliphatic rings. The standard InChI is InChI=1S/C21H28N4O2S/c1-16(20-22-8-15-28-20)23-18-6-9-24(10-7-18)19-4-2-17(3-5-19)21(26)25-11-13-27-14-12-25/h2-5,8,15-16,18,23H,6-7,9-14H2,1H3. The predicted octanol–water partition coefficient (Wildman–Crippen LogP) is 2.94. The van der Waals surface area contributed by atoms with Crippen molar-refractivity contribution < 1.29 is 9.53 Å². The van der Waals surface area contributed by atoms with E-state index in [9.17, 15) is 4.79 Å². The number of morpholine rings is 1. The first-order chi connectivity index (χ1) is 13.7. The van der Waals surface area contributed by atoms with Crippen LogP contribution in [0.25, 0.3) is 0 Å². The fourth-order valence-electron chi connectivity index (χ4n) is 3.94. The number of piperidine rings is 1. The van der Waals surface area contributed by atoms with Gasteiger partial charge in [0.15, 0.2) is 0 Å². The maximum atomic E-state index is 12.6. The Morgan fingerprint density at radius 1 is 1.18 bits per heavy atom. The van der Waals surface area contributed by atoms with Crippen molar-refractivity contribution in [2.24, 2.45) is 0 Å². The van der Waals surface area contributed by atoms with Crippen molar-refractivity contribution in [1.29, 1.82) is 0 Å². The SMILES string of the molecule is CC(NC1CCN(c2ccc(C(=O)N3CCOCC3)cc2)CC1)c1nccs1. The molecule has 1 amide bonds. The van der Waals surface area contributed by atoms with Gasteiger partial charge in [-0.05, 0) is 44.0 Å². The fraction of sp³-hybridized carbons (Fsp3) is 0.524. The number of benzene rings is 1. The molecule has 0 aliphatic carbocycles. The minimum absolute atomic E-state index is 0.105. The summed E-state index contributed by atoms with van der Waals surface area (Å²) in [5, 5.41) is 6.90. The summed E-state index contributed by atoms with van der Waals surface area (Å²) >= 11 is 1.71. The monoisotopic (exact) mass is 400 g/mol. The normalized spacial score (nSPS) is 19.6. The van der Waals surface area contributed by atoms with Crippen molar-refractivity contribution in [1.82, 2.24) is 15.2 Å². The van der Waals surface area contributed by atoms with Crippen LogP contribution in [-0.4, -0.2) is 61.2 Å². The zero-order valence-electron chi connectivity index (χ0n) is 16.3. The average Bonchev–Trinajstić information content (AvgIpc) is 3.30. The third-order valence-corrected chi connectivity index (χ3v) is 6.54. The molecule has 1 unspecified atom stereocenters. The molecule has 28 heavy (non-hydrogen) atoms. The second-order valence-corrected chi connectivity index (χ2v) is 8.40. The van der Waals surface area contributed by atoms with Gasteiger partial charge in [0.2, 0.25) is 0 Å². The lowest BCUT2D eigenvalue weighted by atomic mass is 10.0. The third-order valence-electron chi connectivity index (χ3n) is 5.58. The van der Waals surface area contributed by atoms with Crippen LogP contribution in [0.1, 0.15) is 41.2 Å². The quantitative estimate of drug-likeness (QED) is 0.836. The molecule has 7 heteroatoms. The molecular formula is C21H28N4O2S. The lowest BCUT2D eigenvalue weighted by Gasteiger charge is -2.35. The highest BCUT2D eigenvalue weighted by Gasteiger charge is 2.23. The molecule has 2 fully saturated rings. The van der Waals surface area contributed by atoms with E-state index >= 15 is 0 Å². The van der Waals surface area contributed by atoms with E-state index in [2.05, 4.69) is 34.3 Å². The van der Waals surface area contributed by atoms with E-state index in [1.807, 2.05) is 28.6 Å². The first-order valence-corrected chi connectivity index (χ1v) is 11.0. The molecule has 2 aliphatic heterocycles. The van der Waals surface area contributed by atoms with Crippen LogP contribution in [0.4, 0.5) is 5.69 Å². The van der Waals surface area contributed by atoms with Crippen LogP contribution in [0, 0.1) is 0 Å². The summed E-state index contributed by atoms with van der Waals surface area (Å²) in [6, 6.07) is 8.92. The Labute approximate surface area is 170 Å². The summed E-state index contributed by atoms with van der Waals surface area (Å²) < 4.78 is 5.33.